The van der Waals surface area contributed by atoms with E-state index in [1.54, 1.807) is 24.3 Å². The van der Waals surface area contributed by atoms with Crippen LogP contribution in [-0.4, -0.2) is 36.2 Å². The second-order valence-electron chi connectivity index (χ2n) is 6.80. The number of amides is 1. The first-order valence-electron chi connectivity index (χ1n) is 7.17. The van der Waals surface area contributed by atoms with Crippen LogP contribution in [0.25, 0.3) is 0 Å². The molecule has 0 aliphatic heterocycles. The Balaban J connectivity index is 2.54. The summed E-state index contributed by atoms with van der Waals surface area (Å²) in [5, 5.41) is 11.9. The van der Waals surface area contributed by atoms with Gasteiger partial charge in [0.05, 0.1) is 5.60 Å². The van der Waals surface area contributed by atoms with E-state index in [9.17, 15) is 4.79 Å². The molecule has 1 aromatic rings. The van der Waals surface area contributed by atoms with Crippen molar-refractivity contribution in [3.63, 3.8) is 0 Å². The predicted molar refractivity (Wildman–Crippen MR) is 85.9 cm³/mol. The lowest BCUT2D eigenvalue weighted by atomic mass is 9.88. The molecule has 0 heterocycles. The minimum atomic E-state index is -0.343. The number of rotatable bonds is 6. The summed E-state index contributed by atoms with van der Waals surface area (Å²) in [6, 6.07) is 6.79. The first kappa shape index (κ1) is 17.7. The molecule has 115 valence electrons. The van der Waals surface area contributed by atoms with Crippen molar-refractivity contribution in [3.8, 4) is 0 Å². The summed E-state index contributed by atoms with van der Waals surface area (Å²) in [6.45, 7) is 10.6. The largest absolute Gasteiger partial charge is 0.450 e. The zero-order valence-electron chi connectivity index (χ0n) is 13.6. The lowest BCUT2D eigenvalue weighted by Crippen LogP contribution is -2.44. The predicted octanol–water partition coefficient (Wildman–Crippen LogP) is 1.64. The van der Waals surface area contributed by atoms with E-state index < -0.39 is 0 Å². The summed E-state index contributed by atoms with van der Waals surface area (Å²) in [5.74, 6) is -0.125. The quantitative estimate of drug-likeness (QED) is 0.783. The lowest BCUT2D eigenvalue weighted by molar-refractivity contribution is -0.0111. The fraction of sp³-hybridized carbons (Fsp3) is 0.562. The molecule has 0 fully saturated rings. The van der Waals surface area contributed by atoms with E-state index in [0.717, 1.165) is 13.9 Å². The summed E-state index contributed by atoms with van der Waals surface area (Å²) >= 11 is 0. The van der Waals surface area contributed by atoms with Gasteiger partial charge in [0, 0.05) is 17.7 Å². The van der Waals surface area contributed by atoms with Crippen LogP contribution in [0.1, 0.15) is 51.4 Å². The Morgan fingerprint density at radius 3 is 2.24 bits per heavy atom. The normalized spacial score (nSPS) is 12.1. The molecule has 1 amide bonds. The van der Waals surface area contributed by atoms with Gasteiger partial charge in [-0.2, -0.15) is 0 Å². The molecule has 0 unspecified atom stereocenters. The topological polar surface area (TPSA) is 58.6 Å². The molecule has 0 aromatic heterocycles. The van der Waals surface area contributed by atoms with Gasteiger partial charge < -0.3 is 15.1 Å². The first-order chi connectivity index (χ1) is 9.63. The van der Waals surface area contributed by atoms with E-state index in [4.69, 9.17) is 9.76 Å². The standard InChI is InChI=1S/C16H25BNO3/c1-15(2,3)21-11-10-16(4,5)18-14(19)12-6-8-13(17-20)9-7-12/h6-9,20H,10-11H2,1-5H3,(H,18,19). The van der Waals surface area contributed by atoms with E-state index in [-0.39, 0.29) is 17.0 Å². The van der Waals surface area contributed by atoms with Crippen LogP contribution >= 0.6 is 0 Å². The molecule has 0 atom stereocenters. The molecular weight excluding hydrogens is 265 g/mol. The Bertz CT molecular complexity index is 463. The van der Waals surface area contributed by atoms with Gasteiger partial charge in [-0.3, -0.25) is 4.79 Å². The van der Waals surface area contributed by atoms with Crippen LogP contribution in [0.3, 0.4) is 0 Å². The van der Waals surface area contributed by atoms with Crippen molar-refractivity contribution < 1.29 is 14.6 Å². The van der Waals surface area contributed by atoms with E-state index in [1.807, 2.05) is 34.6 Å². The highest BCUT2D eigenvalue weighted by molar-refractivity contribution is 6.45. The van der Waals surface area contributed by atoms with Crippen LogP contribution in [0, 0.1) is 0 Å². The van der Waals surface area contributed by atoms with Crippen molar-refractivity contribution >= 4 is 18.9 Å². The van der Waals surface area contributed by atoms with Gasteiger partial charge in [-0.25, -0.2) is 0 Å². The number of benzene rings is 1. The van der Waals surface area contributed by atoms with E-state index >= 15 is 0 Å². The van der Waals surface area contributed by atoms with Crippen molar-refractivity contribution in [2.24, 2.45) is 0 Å². The molecule has 0 aliphatic rings. The third-order valence-corrected chi connectivity index (χ3v) is 3.04. The SMILES string of the molecule is CC(C)(CCOC(C)(C)C)NC(=O)c1ccc([B]O)cc1. The molecule has 0 bridgehead atoms. The number of carbonyl (C=O) groups excluding carboxylic acids is 1. The van der Waals surface area contributed by atoms with Crippen molar-refractivity contribution in [3.05, 3.63) is 29.8 Å². The van der Waals surface area contributed by atoms with Gasteiger partial charge in [-0.05, 0) is 53.2 Å². The number of hydrogen-bond donors (Lipinski definition) is 2. The van der Waals surface area contributed by atoms with Crippen LogP contribution in [0.15, 0.2) is 24.3 Å². The van der Waals surface area contributed by atoms with Crippen LogP contribution in [0.2, 0.25) is 0 Å². The lowest BCUT2D eigenvalue weighted by Gasteiger charge is -2.28. The molecule has 5 heteroatoms. The molecule has 2 N–H and O–H groups in total. The van der Waals surface area contributed by atoms with Gasteiger partial charge >= 0.3 is 7.48 Å². The van der Waals surface area contributed by atoms with Crippen molar-refractivity contribution in [1.82, 2.24) is 5.32 Å². The summed E-state index contributed by atoms with van der Waals surface area (Å²) in [6.07, 6.45) is 0.735. The zero-order chi connectivity index (χ0) is 16.1. The minimum absolute atomic E-state index is 0.125. The highest BCUT2D eigenvalue weighted by atomic mass is 16.5. The fourth-order valence-corrected chi connectivity index (χ4v) is 1.77. The van der Waals surface area contributed by atoms with Crippen molar-refractivity contribution in [2.75, 3.05) is 6.61 Å². The maximum atomic E-state index is 12.2. The number of hydrogen-bond acceptors (Lipinski definition) is 3. The first-order valence-corrected chi connectivity index (χ1v) is 7.17. The highest BCUT2D eigenvalue weighted by Crippen LogP contribution is 2.14. The second-order valence-corrected chi connectivity index (χ2v) is 6.80. The molecule has 0 saturated carbocycles. The molecule has 0 saturated heterocycles. The highest BCUT2D eigenvalue weighted by Gasteiger charge is 2.22. The average molecular weight is 290 g/mol. The van der Waals surface area contributed by atoms with Gasteiger partial charge in [-0.1, -0.05) is 17.6 Å². The summed E-state index contributed by atoms with van der Waals surface area (Å²) < 4.78 is 5.70. The van der Waals surface area contributed by atoms with Gasteiger partial charge in [-0.15, -0.1) is 0 Å². The summed E-state index contributed by atoms with van der Waals surface area (Å²) in [5.41, 5.74) is 0.732. The molecule has 1 aromatic carbocycles. The van der Waals surface area contributed by atoms with E-state index in [1.165, 1.54) is 0 Å². The van der Waals surface area contributed by atoms with E-state index in [2.05, 4.69) is 5.32 Å². The maximum absolute atomic E-state index is 12.2. The molecule has 4 nitrogen and oxygen atoms in total. The molecule has 21 heavy (non-hydrogen) atoms. The van der Waals surface area contributed by atoms with Crippen LogP contribution < -0.4 is 10.8 Å². The third-order valence-electron chi connectivity index (χ3n) is 3.04. The van der Waals surface area contributed by atoms with Crippen LogP contribution in [0.5, 0.6) is 0 Å². The number of carbonyl (C=O) groups is 1. The van der Waals surface area contributed by atoms with Crippen LogP contribution in [-0.2, 0) is 4.74 Å². The van der Waals surface area contributed by atoms with Crippen LogP contribution in [0.4, 0.5) is 0 Å². The third kappa shape index (κ3) is 6.78. The Labute approximate surface area is 128 Å². The fourth-order valence-electron chi connectivity index (χ4n) is 1.77. The summed E-state index contributed by atoms with van der Waals surface area (Å²) in [4.78, 5) is 12.2. The Kier molecular flexibility index (Phi) is 5.99. The average Bonchev–Trinajstić information content (AvgIpc) is 2.36. The van der Waals surface area contributed by atoms with Gasteiger partial charge in [0.25, 0.3) is 5.91 Å². The molecule has 1 radical (unpaired) electrons. The molecule has 0 spiro atoms. The zero-order valence-corrected chi connectivity index (χ0v) is 13.6. The Morgan fingerprint density at radius 1 is 1.19 bits per heavy atom. The maximum Gasteiger partial charge on any atom is 0.326 e. The molecule has 1 rings (SSSR count). The Morgan fingerprint density at radius 2 is 1.76 bits per heavy atom. The smallest absolute Gasteiger partial charge is 0.326 e. The van der Waals surface area contributed by atoms with Crippen molar-refractivity contribution in [2.45, 2.75) is 52.2 Å². The van der Waals surface area contributed by atoms with Crippen molar-refractivity contribution in [1.29, 1.82) is 0 Å². The van der Waals surface area contributed by atoms with Gasteiger partial charge in [0.1, 0.15) is 0 Å². The minimum Gasteiger partial charge on any atom is -0.450 e. The molecule has 0 aliphatic carbocycles. The monoisotopic (exact) mass is 290 g/mol. The van der Waals surface area contributed by atoms with E-state index in [0.29, 0.717) is 17.6 Å². The van der Waals surface area contributed by atoms with Gasteiger partial charge in [0.15, 0.2) is 0 Å². The Hall–Kier alpha value is -1.33. The molecular formula is C16H25BNO3. The summed E-state index contributed by atoms with van der Waals surface area (Å²) in [7, 11) is 1.01. The van der Waals surface area contributed by atoms with Gasteiger partial charge in [0.2, 0.25) is 0 Å². The second kappa shape index (κ2) is 7.10. The number of nitrogens with one attached hydrogen (secondary N) is 1. The number of ether oxygens (including phenoxy) is 1.